The molecule has 4 rings (SSSR count). The van der Waals surface area contributed by atoms with Gasteiger partial charge in [0.1, 0.15) is 5.15 Å². The van der Waals surface area contributed by atoms with Crippen LogP contribution < -0.4 is 5.32 Å². The molecule has 0 spiro atoms. The molecule has 3 amide bonds. The van der Waals surface area contributed by atoms with E-state index in [0.29, 0.717) is 17.5 Å². The minimum atomic E-state index is -1.31. The molecule has 1 aliphatic rings. The third-order valence-electron chi connectivity index (χ3n) is 6.52. The first-order valence-corrected chi connectivity index (χ1v) is 12.9. The van der Waals surface area contributed by atoms with Crippen LogP contribution in [0.4, 0.5) is 0 Å². The fourth-order valence-electron chi connectivity index (χ4n) is 4.70. The van der Waals surface area contributed by atoms with Gasteiger partial charge in [-0.25, -0.2) is 4.98 Å². The fraction of sp³-hybridized carbons (Fsp3) is 0.276. The molecule has 0 radical (unpaired) electrons. The highest BCUT2D eigenvalue weighted by Gasteiger charge is 2.41. The molecule has 1 fully saturated rings. The second kappa shape index (κ2) is 12.1. The maximum atomic E-state index is 13.9. The molecule has 2 unspecified atom stereocenters. The first-order valence-electron chi connectivity index (χ1n) is 12.5. The van der Waals surface area contributed by atoms with E-state index in [1.807, 2.05) is 26.0 Å². The fourth-order valence-corrected chi connectivity index (χ4v) is 4.82. The molecule has 202 valence electrons. The molecule has 0 aliphatic carbocycles. The monoisotopic (exact) mass is 548 g/mol. The van der Waals surface area contributed by atoms with Crippen LogP contribution in [0, 0.1) is 13.8 Å². The molecular formula is C29H29ClN4O5. The first kappa shape index (κ1) is 27.8. The number of nitrogens with one attached hydrogen (secondary N) is 1. The SMILES string of the molecule is Cc1cccc(C(=O)N2CCCN(C(=O)c3ccc(Cl)nc3)C2C(=O)NC(CC(=O)O)c2cccc(C)c2)c1. The van der Waals surface area contributed by atoms with Crippen LogP contribution in [-0.2, 0) is 9.59 Å². The van der Waals surface area contributed by atoms with E-state index in [-0.39, 0.29) is 30.2 Å². The Morgan fingerprint density at radius 2 is 1.59 bits per heavy atom. The van der Waals surface area contributed by atoms with Crippen LogP contribution >= 0.6 is 11.6 Å². The third-order valence-corrected chi connectivity index (χ3v) is 6.75. The smallest absolute Gasteiger partial charge is 0.305 e. The van der Waals surface area contributed by atoms with E-state index < -0.39 is 35.9 Å². The highest BCUT2D eigenvalue weighted by Crippen LogP contribution is 2.24. The number of carbonyl (C=O) groups is 4. The lowest BCUT2D eigenvalue weighted by atomic mass is 10.0. The molecule has 1 aromatic heterocycles. The number of hydrogen-bond acceptors (Lipinski definition) is 5. The summed E-state index contributed by atoms with van der Waals surface area (Å²) in [6.07, 6.45) is 0.0879. The van der Waals surface area contributed by atoms with Crippen LogP contribution in [-0.4, -0.2) is 62.8 Å². The maximum Gasteiger partial charge on any atom is 0.305 e. The van der Waals surface area contributed by atoms with Crippen LogP contribution in [0.2, 0.25) is 5.15 Å². The molecule has 0 saturated carbocycles. The van der Waals surface area contributed by atoms with Crippen LogP contribution in [0.5, 0.6) is 0 Å². The van der Waals surface area contributed by atoms with Gasteiger partial charge in [0.2, 0.25) is 0 Å². The van der Waals surface area contributed by atoms with E-state index in [1.54, 1.807) is 36.4 Å². The average molecular weight is 549 g/mol. The zero-order chi connectivity index (χ0) is 28.1. The number of benzene rings is 2. The number of aliphatic carboxylic acids is 1. The molecule has 3 aromatic rings. The molecule has 10 heteroatoms. The number of pyridine rings is 1. The predicted octanol–water partition coefficient (Wildman–Crippen LogP) is 4.00. The summed E-state index contributed by atoms with van der Waals surface area (Å²) < 4.78 is 0. The third kappa shape index (κ3) is 6.61. The Morgan fingerprint density at radius 3 is 2.18 bits per heavy atom. The van der Waals surface area contributed by atoms with Crippen molar-refractivity contribution in [3.8, 4) is 0 Å². The van der Waals surface area contributed by atoms with Gasteiger partial charge in [0, 0.05) is 24.8 Å². The number of rotatable bonds is 7. The van der Waals surface area contributed by atoms with Gasteiger partial charge in [-0.15, -0.1) is 0 Å². The van der Waals surface area contributed by atoms with Crippen molar-refractivity contribution >= 4 is 35.3 Å². The van der Waals surface area contributed by atoms with E-state index in [1.165, 1.54) is 28.1 Å². The average Bonchev–Trinajstić information content (AvgIpc) is 2.91. The Bertz CT molecular complexity index is 1390. The van der Waals surface area contributed by atoms with Gasteiger partial charge in [-0.2, -0.15) is 0 Å². The van der Waals surface area contributed by atoms with Crippen molar-refractivity contribution in [1.82, 2.24) is 20.1 Å². The molecular weight excluding hydrogens is 520 g/mol. The Morgan fingerprint density at radius 1 is 0.949 bits per heavy atom. The summed E-state index contributed by atoms with van der Waals surface area (Å²) in [5.74, 6) is -2.65. The van der Waals surface area contributed by atoms with Crippen LogP contribution in [0.3, 0.4) is 0 Å². The zero-order valence-electron chi connectivity index (χ0n) is 21.6. The number of aromatic nitrogens is 1. The standard InChI is InChI=1S/C29H29ClN4O5/c1-18-6-3-8-20(14-18)23(16-25(35)36)32-26(37)27-33(28(38)21-9-4-7-19(2)15-21)12-5-13-34(27)29(39)22-10-11-24(30)31-17-22/h3-4,6-11,14-15,17,23,27H,5,12-13,16H2,1-2H3,(H,32,37)(H,35,36). The highest BCUT2D eigenvalue weighted by atomic mass is 35.5. The molecule has 2 N–H and O–H groups in total. The lowest BCUT2D eigenvalue weighted by molar-refractivity contribution is -0.138. The number of aryl methyl sites for hydroxylation is 2. The predicted molar refractivity (Wildman–Crippen MR) is 145 cm³/mol. The van der Waals surface area contributed by atoms with Gasteiger partial charge < -0.3 is 20.2 Å². The second-order valence-electron chi connectivity index (χ2n) is 9.54. The Kier molecular flexibility index (Phi) is 8.61. The lowest BCUT2D eigenvalue weighted by Gasteiger charge is -2.43. The summed E-state index contributed by atoms with van der Waals surface area (Å²) in [7, 11) is 0. The minimum absolute atomic E-state index is 0.211. The number of carbonyl (C=O) groups excluding carboxylic acids is 3. The molecule has 2 aromatic carbocycles. The van der Waals surface area contributed by atoms with Gasteiger partial charge in [-0.05, 0) is 50.1 Å². The summed E-state index contributed by atoms with van der Waals surface area (Å²) in [5.41, 5.74) is 2.98. The van der Waals surface area contributed by atoms with Crippen molar-refractivity contribution < 1.29 is 24.3 Å². The van der Waals surface area contributed by atoms with E-state index >= 15 is 0 Å². The lowest BCUT2D eigenvalue weighted by Crippen LogP contribution is -2.63. The van der Waals surface area contributed by atoms with Crippen molar-refractivity contribution in [3.63, 3.8) is 0 Å². The first-order chi connectivity index (χ1) is 18.6. The van der Waals surface area contributed by atoms with Gasteiger partial charge in [-0.3, -0.25) is 19.2 Å². The van der Waals surface area contributed by atoms with E-state index in [9.17, 15) is 24.3 Å². The van der Waals surface area contributed by atoms with Gasteiger partial charge in [0.25, 0.3) is 17.7 Å². The quantitative estimate of drug-likeness (QED) is 0.431. The number of nitrogens with zero attached hydrogens (tertiary/aromatic N) is 3. The molecule has 2 atom stereocenters. The number of carboxylic acids is 1. The maximum absolute atomic E-state index is 13.9. The molecule has 0 bridgehead atoms. The summed E-state index contributed by atoms with van der Waals surface area (Å²) in [5, 5.41) is 12.6. The highest BCUT2D eigenvalue weighted by molar-refractivity contribution is 6.29. The van der Waals surface area contributed by atoms with Crippen molar-refractivity contribution in [2.45, 2.75) is 38.9 Å². The Hall–Kier alpha value is -4.24. The van der Waals surface area contributed by atoms with Crippen molar-refractivity contribution in [2.24, 2.45) is 0 Å². The van der Waals surface area contributed by atoms with Gasteiger partial charge in [0.05, 0.1) is 18.0 Å². The molecule has 1 saturated heterocycles. The molecule has 1 aliphatic heterocycles. The Labute approximate surface area is 231 Å². The molecule has 9 nitrogen and oxygen atoms in total. The molecule has 39 heavy (non-hydrogen) atoms. The van der Waals surface area contributed by atoms with Gasteiger partial charge >= 0.3 is 5.97 Å². The Balaban J connectivity index is 1.72. The minimum Gasteiger partial charge on any atom is -0.481 e. The van der Waals surface area contributed by atoms with E-state index in [0.717, 1.165) is 11.1 Å². The second-order valence-corrected chi connectivity index (χ2v) is 9.92. The van der Waals surface area contributed by atoms with E-state index in [2.05, 4.69) is 10.3 Å². The number of halogens is 1. The van der Waals surface area contributed by atoms with Crippen LogP contribution in [0.25, 0.3) is 0 Å². The normalized spacial score (nSPS) is 15.9. The van der Waals surface area contributed by atoms with Crippen LogP contribution in [0.1, 0.15) is 56.3 Å². The van der Waals surface area contributed by atoms with Crippen molar-refractivity contribution in [3.05, 3.63) is 99.8 Å². The topological polar surface area (TPSA) is 120 Å². The summed E-state index contributed by atoms with van der Waals surface area (Å²) >= 11 is 5.89. The van der Waals surface area contributed by atoms with Crippen molar-refractivity contribution in [1.29, 1.82) is 0 Å². The number of amides is 3. The van der Waals surface area contributed by atoms with Crippen molar-refractivity contribution in [2.75, 3.05) is 13.1 Å². The summed E-state index contributed by atoms with van der Waals surface area (Å²) in [6.45, 7) is 4.18. The zero-order valence-corrected chi connectivity index (χ0v) is 22.4. The summed E-state index contributed by atoms with van der Waals surface area (Å²) in [6, 6.07) is 16.3. The van der Waals surface area contributed by atoms with Gasteiger partial charge in [-0.1, -0.05) is 59.1 Å². The number of hydrogen-bond donors (Lipinski definition) is 2. The van der Waals surface area contributed by atoms with Gasteiger partial charge in [0.15, 0.2) is 6.17 Å². The largest absolute Gasteiger partial charge is 0.481 e. The summed E-state index contributed by atoms with van der Waals surface area (Å²) in [4.78, 5) is 59.6. The number of carboxylic acid groups (broad SMARTS) is 1. The molecule has 2 heterocycles. The van der Waals surface area contributed by atoms with Crippen LogP contribution in [0.15, 0.2) is 66.9 Å². The van der Waals surface area contributed by atoms with E-state index in [4.69, 9.17) is 11.6 Å².